The van der Waals surface area contributed by atoms with Crippen molar-refractivity contribution in [2.24, 2.45) is 5.92 Å². The molecule has 2 fully saturated rings. The van der Waals surface area contributed by atoms with E-state index in [9.17, 15) is 14.4 Å². The van der Waals surface area contributed by atoms with Crippen molar-refractivity contribution in [3.05, 3.63) is 57.8 Å². The summed E-state index contributed by atoms with van der Waals surface area (Å²) >= 11 is 1.45. The number of carbonyl (C=O) groups excluding carboxylic acids is 3. The molecule has 176 valence electrons. The highest BCUT2D eigenvalue weighted by Crippen LogP contribution is 2.21. The van der Waals surface area contributed by atoms with Crippen molar-refractivity contribution in [2.75, 3.05) is 26.2 Å². The van der Waals surface area contributed by atoms with Gasteiger partial charge in [-0.15, -0.1) is 11.3 Å². The average molecular weight is 470 g/mol. The molecule has 2 saturated heterocycles. The number of hydrogen-bond donors (Lipinski definition) is 1. The standard InChI is InChI=1S/C25H31N3O4S/c1-17-15-28(16-18(2)32-17)24(30)21-7-5-19(6-8-21)14-26-23(29)20-9-11-27(12-10-20)25(31)22-4-3-13-33-22/h3-8,13,17-18,20H,9-12,14-16H2,1-2H3,(H,26,29). The number of rotatable bonds is 5. The summed E-state index contributed by atoms with van der Waals surface area (Å²) in [4.78, 5) is 42.3. The number of benzene rings is 1. The summed E-state index contributed by atoms with van der Waals surface area (Å²) in [6, 6.07) is 11.1. The second-order valence-electron chi connectivity index (χ2n) is 8.93. The summed E-state index contributed by atoms with van der Waals surface area (Å²) in [7, 11) is 0. The van der Waals surface area contributed by atoms with Gasteiger partial charge in [0.15, 0.2) is 0 Å². The van der Waals surface area contributed by atoms with Crippen molar-refractivity contribution < 1.29 is 19.1 Å². The predicted octanol–water partition coefficient (Wildman–Crippen LogP) is 3.17. The first-order valence-corrected chi connectivity index (χ1v) is 12.4. The van der Waals surface area contributed by atoms with Gasteiger partial charge in [0.1, 0.15) is 0 Å². The molecular weight excluding hydrogens is 438 g/mol. The predicted molar refractivity (Wildman–Crippen MR) is 127 cm³/mol. The van der Waals surface area contributed by atoms with E-state index < -0.39 is 0 Å². The fourth-order valence-corrected chi connectivity index (χ4v) is 5.22. The second-order valence-corrected chi connectivity index (χ2v) is 9.87. The molecule has 33 heavy (non-hydrogen) atoms. The van der Waals surface area contributed by atoms with Crippen molar-refractivity contribution in [1.82, 2.24) is 15.1 Å². The lowest BCUT2D eigenvalue weighted by atomic mass is 9.95. The topological polar surface area (TPSA) is 79.0 Å². The van der Waals surface area contributed by atoms with Gasteiger partial charge in [-0.2, -0.15) is 0 Å². The van der Waals surface area contributed by atoms with Gasteiger partial charge in [0.2, 0.25) is 5.91 Å². The third-order valence-electron chi connectivity index (χ3n) is 6.26. The first-order chi connectivity index (χ1) is 15.9. The fraction of sp³-hybridized carbons (Fsp3) is 0.480. The van der Waals surface area contributed by atoms with Gasteiger partial charge in [-0.25, -0.2) is 0 Å². The Balaban J connectivity index is 1.23. The quantitative estimate of drug-likeness (QED) is 0.730. The van der Waals surface area contributed by atoms with Crippen LogP contribution in [0.1, 0.15) is 52.3 Å². The lowest BCUT2D eigenvalue weighted by molar-refractivity contribution is -0.126. The van der Waals surface area contributed by atoms with Gasteiger partial charge in [-0.05, 0) is 55.8 Å². The second kappa shape index (κ2) is 10.5. The van der Waals surface area contributed by atoms with Gasteiger partial charge in [-0.3, -0.25) is 14.4 Å². The number of nitrogens with one attached hydrogen (secondary N) is 1. The molecule has 2 unspecified atom stereocenters. The Morgan fingerprint density at radius 1 is 0.970 bits per heavy atom. The minimum Gasteiger partial charge on any atom is -0.372 e. The van der Waals surface area contributed by atoms with E-state index >= 15 is 0 Å². The summed E-state index contributed by atoms with van der Waals surface area (Å²) in [6.45, 7) is 6.78. The molecular formula is C25H31N3O4S. The van der Waals surface area contributed by atoms with Crippen LogP contribution >= 0.6 is 11.3 Å². The zero-order chi connectivity index (χ0) is 23.4. The van der Waals surface area contributed by atoms with Crippen molar-refractivity contribution in [3.63, 3.8) is 0 Å². The van der Waals surface area contributed by atoms with Crippen molar-refractivity contribution in [3.8, 4) is 0 Å². The monoisotopic (exact) mass is 469 g/mol. The van der Waals surface area contributed by atoms with Crippen LogP contribution in [0, 0.1) is 5.92 Å². The Hall–Kier alpha value is -2.71. The van der Waals surface area contributed by atoms with E-state index in [1.165, 1.54) is 11.3 Å². The molecule has 3 amide bonds. The summed E-state index contributed by atoms with van der Waals surface area (Å²) in [5.41, 5.74) is 1.60. The summed E-state index contributed by atoms with van der Waals surface area (Å²) in [6.07, 6.45) is 1.42. The van der Waals surface area contributed by atoms with Gasteiger partial charge < -0.3 is 19.9 Å². The number of carbonyl (C=O) groups is 3. The minimum atomic E-state index is -0.0801. The largest absolute Gasteiger partial charge is 0.372 e. The molecule has 0 saturated carbocycles. The SMILES string of the molecule is CC1CN(C(=O)c2ccc(CNC(=O)C3CCN(C(=O)c4cccs4)CC3)cc2)CC(C)O1. The molecule has 1 aromatic carbocycles. The Kier molecular flexibility index (Phi) is 7.45. The Morgan fingerprint density at radius 2 is 1.64 bits per heavy atom. The highest BCUT2D eigenvalue weighted by Gasteiger charge is 2.28. The van der Waals surface area contributed by atoms with Gasteiger partial charge in [-0.1, -0.05) is 18.2 Å². The maximum absolute atomic E-state index is 12.8. The number of piperidine rings is 1. The van der Waals surface area contributed by atoms with E-state index in [-0.39, 0.29) is 35.8 Å². The summed E-state index contributed by atoms with van der Waals surface area (Å²) in [5, 5.41) is 4.91. The fourth-order valence-electron chi connectivity index (χ4n) is 4.53. The Bertz CT molecular complexity index is 958. The van der Waals surface area contributed by atoms with Crippen LogP contribution in [-0.4, -0.2) is 65.9 Å². The van der Waals surface area contributed by atoms with Crippen LogP contribution < -0.4 is 5.32 Å². The van der Waals surface area contributed by atoms with E-state index in [1.807, 2.05) is 65.4 Å². The Morgan fingerprint density at radius 3 is 2.24 bits per heavy atom. The molecule has 2 atom stereocenters. The molecule has 3 heterocycles. The first-order valence-electron chi connectivity index (χ1n) is 11.5. The van der Waals surface area contributed by atoms with Crippen LogP contribution in [-0.2, 0) is 16.1 Å². The third-order valence-corrected chi connectivity index (χ3v) is 7.12. The number of thiophene rings is 1. The highest BCUT2D eigenvalue weighted by molar-refractivity contribution is 7.12. The van der Waals surface area contributed by atoms with Crippen LogP contribution in [0.25, 0.3) is 0 Å². The number of morpholine rings is 1. The van der Waals surface area contributed by atoms with Crippen LogP contribution in [0.4, 0.5) is 0 Å². The third kappa shape index (κ3) is 5.81. The molecule has 0 aliphatic carbocycles. The van der Waals surface area contributed by atoms with Crippen LogP contribution in [0.2, 0.25) is 0 Å². The number of hydrogen-bond acceptors (Lipinski definition) is 5. The number of nitrogens with zero attached hydrogens (tertiary/aromatic N) is 2. The molecule has 0 radical (unpaired) electrons. The molecule has 1 N–H and O–H groups in total. The molecule has 2 aromatic rings. The van der Waals surface area contributed by atoms with E-state index in [0.717, 1.165) is 10.4 Å². The maximum Gasteiger partial charge on any atom is 0.263 e. The summed E-state index contributed by atoms with van der Waals surface area (Å²) < 4.78 is 5.71. The van der Waals surface area contributed by atoms with Crippen LogP contribution in [0.5, 0.6) is 0 Å². The molecule has 1 aromatic heterocycles. The molecule has 2 aliphatic heterocycles. The van der Waals surface area contributed by atoms with Crippen LogP contribution in [0.3, 0.4) is 0 Å². The number of amides is 3. The molecule has 2 aliphatic rings. The minimum absolute atomic E-state index is 0.0106. The summed E-state index contributed by atoms with van der Waals surface area (Å²) in [5.74, 6) is 0.00846. The lowest BCUT2D eigenvalue weighted by Crippen LogP contribution is -2.48. The zero-order valence-corrected chi connectivity index (χ0v) is 20.0. The normalized spacial score (nSPS) is 21.6. The van der Waals surface area contributed by atoms with Gasteiger partial charge in [0.25, 0.3) is 11.8 Å². The molecule has 8 heteroatoms. The first kappa shape index (κ1) is 23.4. The van der Waals surface area contributed by atoms with Gasteiger partial charge in [0, 0.05) is 44.2 Å². The molecule has 7 nitrogen and oxygen atoms in total. The maximum atomic E-state index is 12.8. The van der Waals surface area contributed by atoms with Crippen molar-refractivity contribution in [2.45, 2.75) is 45.4 Å². The molecule has 0 spiro atoms. The highest BCUT2D eigenvalue weighted by atomic mass is 32.1. The number of likely N-dealkylation sites (tertiary alicyclic amines) is 1. The lowest BCUT2D eigenvalue weighted by Gasteiger charge is -2.35. The number of ether oxygens (including phenoxy) is 1. The van der Waals surface area contributed by atoms with Crippen LogP contribution in [0.15, 0.2) is 41.8 Å². The molecule has 4 rings (SSSR count). The average Bonchev–Trinajstić information content (AvgIpc) is 3.36. The Labute approximate surface area is 198 Å². The van der Waals surface area contributed by atoms with E-state index in [0.29, 0.717) is 51.1 Å². The smallest absolute Gasteiger partial charge is 0.263 e. The van der Waals surface area contributed by atoms with E-state index in [2.05, 4.69) is 5.32 Å². The van der Waals surface area contributed by atoms with Gasteiger partial charge in [0.05, 0.1) is 17.1 Å². The zero-order valence-electron chi connectivity index (χ0n) is 19.2. The van der Waals surface area contributed by atoms with E-state index in [4.69, 9.17) is 4.74 Å². The van der Waals surface area contributed by atoms with E-state index in [1.54, 1.807) is 0 Å². The molecule has 0 bridgehead atoms. The van der Waals surface area contributed by atoms with Gasteiger partial charge >= 0.3 is 0 Å². The van der Waals surface area contributed by atoms with Crippen molar-refractivity contribution >= 4 is 29.1 Å². The van der Waals surface area contributed by atoms with Crippen molar-refractivity contribution in [1.29, 1.82) is 0 Å².